The molecule has 88 valence electrons. The number of rotatable bonds is 5. The van der Waals surface area contributed by atoms with E-state index in [9.17, 15) is 9.90 Å². The molecule has 0 fully saturated rings. The van der Waals surface area contributed by atoms with Crippen molar-refractivity contribution in [3.05, 3.63) is 35.4 Å². The lowest BCUT2D eigenvalue weighted by Crippen LogP contribution is -2.15. The molecule has 0 aliphatic carbocycles. The largest absolute Gasteiger partial charge is 0.464 e. The zero-order valence-corrected chi connectivity index (χ0v) is 9.22. The molecule has 0 heterocycles. The van der Waals surface area contributed by atoms with E-state index in [1.54, 1.807) is 31.2 Å². The van der Waals surface area contributed by atoms with Crippen LogP contribution >= 0.6 is 0 Å². The smallest absolute Gasteiger partial charge is 0.339 e. The van der Waals surface area contributed by atoms with Gasteiger partial charge in [-0.25, -0.2) is 4.79 Å². The predicted molar refractivity (Wildman–Crippen MR) is 58.8 cm³/mol. The summed E-state index contributed by atoms with van der Waals surface area (Å²) in [6.07, 6.45) is -0.668. The van der Waals surface area contributed by atoms with Gasteiger partial charge < -0.3 is 14.9 Å². The Morgan fingerprint density at radius 1 is 1.38 bits per heavy atom. The Morgan fingerprint density at radius 2 is 2.00 bits per heavy atom. The molecule has 0 aromatic heterocycles. The molecule has 16 heavy (non-hydrogen) atoms. The first-order chi connectivity index (χ1) is 7.69. The van der Waals surface area contributed by atoms with Crippen molar-refractivity contribution in [2.24, 2.45) is 0 Å². The number of carbonyl (C=O) groups excluding carboxylic acids is 1. The molecule has 1 rings (SSSR count). The van der Waals surface area contributed by atoms with Crippen LogP contribution in [0.5, 0.6) is 0 Å². The summed E-state index contributed by atoms with van der Waals surface area (Å²) in [4.78, 5) is 11.2. The van der Waals surface area contributed by atoms with Crippen LogP contribution in [0.3, 0.4) is 0 Å². The number of esters is 1. The molecule has 1 unspecified atom stereocenters. The number of carbonyl (C=O) groups is 1. The van der Waals surface area contributed by atoms with Crippen LogP contribution in [0.1, 0.15) is 24.2 Å². The van der Waals surface area contributed by atoms with Crippen molar-refractivity contribution in [1.29, 1.82) is 0 Å². The third-order valence-electron chi connectivity index (χ3n) is 2.21. The number of ether oxygens (including phenoxy) is 1. The van der Waals surface area contributed by atoms with Gasteiger partial charge in [-0.05, 0) is 24.5 Å². The third-order valence-corrected chi connectivity index (χ3v) is 2.21. The highest BCUT2D eigenvalue weighted by Gasteiger charge is 2.17. The fraction of sp³-hybridized carbons (Fsp3) is 0.417. The van der Waals surface area contributed by atoms with Crippen molar-refractivity contribution in [1.82, 2.24) is 0 Å². The summed E-state index contributed by atoms with van der Waals surface area (Å²) in [6.45, 7) is 2.02. The standard InChI is InChI=1S/C12H16O4/c1-2-16-12(15)11(14)10-5-3-9(4-6-10)7-8-13/h3-6,11,13-14H,2,7-8H2,1H3. The predicted octanol–water partition coefficient (Wildman–Crippen LogP) is 0.818. The molecule has 1 aromatic carbocycles. The molecule has 0 saturated carbocycles. The zero-order chi connectivity index (χ0) is 12.0. The average Bonchev–Trinajstić information content (AvgIpc) is 2.30. The van der Waals surface area contributed by atoms with Crippen molar-refractivity contribution in [2.45, 2.75) is 19.4 Å². The van der Waals surface area contributed by atoms with E-state index < -0.39 is 12.1 Å². The maximum absolute atomic E-state index is 11.2. The van der Waals surface area contributed by atoms with E-state index >= 15 is 0 Å². The summed E-state index contributed by atoms with van der Waals surface area (Å²) >= 11 is 0. The molecule has 4 heteroatoms. The van der Waals surface area contributed by atoms with Crippen LogP contribution in [-0.2, 0) is 16.0 Å². The van der Waals surface area contributed by atoms with Crippen LogP contribution in [0.2, 0.25) is 0 Å². The van der Waals surface area contributed by atoms with Gasteiger partial charge in [-0.15, -0.1) is 0 Å². The van der Waals surface area contributed by atoms with Crippen molar-refractivity contribution >= 4 is 5.97 Å². The van der Waals surface area contributed by atoms with Gasteiger partial charge in [0.1, 0.15) is 0 Å². The highest BCUT2D eigenvalue weighted by molar-refractivity contribution is 5.76. The van der Waals surface area contributed by atoms with Gasteiger partial charge in [-0.1, -0.05) is 24.3 Å². The Balaban J connectivity index is 2.69. The number of hydrogen-bond donors (Lipinski definition) is 2. The molecule has 0 spiro atoms. The van der Waals surface area contributed by atoms with E-state index in [0.717, 1.165) is 5.56 Å². The minimum Gasteiger partial charge on any atom is -0.464 e. The lowest BCUT2D eigenvalue weighted by Gasteiger charge is -2.10. The topological polar surface area (TPSA) is 66.8 Å². The summed E-state index contributed by atoms with van der Waals surface area (Å²) in [7, 11) is 0. The lowest BCUT2D eigenvalue weighted by atomic mass is 10.1. The average molecular weight is 224 g/mol. The van der Waals surface area contributed by atoms with Gasteiger partial charge in [0.15, 0.2) is 6.10 Å². The van der Waals surface area contributed by atoms with E-state index in [1.165, 1.54) is 0 Å². The second-order valence-corrected chi connectivity index (χ2v) is 3.37. The van der Waals surface area contributed by atoms with Crippen LogP contribution in [0.4, 0.5) is 0 Å². The second-order valence-electron chi connectivity index (χ2n) is 3.37. The summed E-state index contributed by atoms with van der Waals surface area (Å²) in [5, 5.41) is 18.3. The second kappa shape index (κ2) is 6.25. The number of aliphatic hydroxyl groups excluding tert-OH is 2. The van der Waals surface area contributed by atoms with Crippen LogP contribution in [0, 0.1) is 0 Å². The molecule has 1 aromatic rings. The van der Waals surface area contributed by atoms with Gasteiger partial charge in [0.2, 0.25) is 0 Å². The summed E-state index contributed by atoms with van der Waals surface area (Å²) in [6, 6.07) is 6.86. The summed E-state index contributed by atoms with van der Waals surface area (Å²) in [5.74, 6) is -0.641. The SMILES string of the molecule is CCOC(=O)C(O)c1ccc(CCO)cc1. The molecule has 0 amide bonds. The van der Waals surface area contributed by atoms with Gasteiger partial charge in [-0.3, -0.25) is 0 Å². The van der Waals surface area contributed by atoms with Crippen molar-refractivity contribution < 1.29 is 19.7 Å². The maximum Gasteiger partial charge on any atom is 0.339 e. The van der Waals surface area contributed by atoms with Gasteiger partial charge in [0.25, 0.3) is 0 Å². The number of hydrogen-bond acceptors (Lipinski definition) is 4. The minimum absolute atomic E-state index is 0.0831. The van der Waals surface area contributed by atoms with Gasteiger partial charge in [0.05, 0.1) is 6.61 Å². The maximum atomic E-state index is 11.2. The third kappa shape index (κ3) is 3.32. The van der Waals surface area contributed by atoms with Gasteiger partial charge in [0, 0.05) is 6.61 Å². The Kier molecular flexibility index (Phi) is 4.95. The monoisotopic (exact) mass is 224 g/mol. The van der Waals surface area contributed by atoms with Crippen LogP contribution in [0.25, 0.3) is 0 Å². The molecule has 4 nitrogen and oxygen atoms in total. The van der Waals surface area contributed by atoms with Crippen molar-refractivity contribution in [2.75, 3.05) is 13.2 Å². The minimum atomic E-state index is -1.23. The van der Waals surface area contributed by atoms with E-state index in [1.807, 2.05) is 0 Å². The molecular weight excluding hydrogens is 208 g/mol. The van der Waals surface area contributed by atoms with E-state index in [2.05, 4.69) is 0 Å². The first-order valence-electron chi connectivity index (χ1n) is 5.23. The molecule has 0 radical (unpaired) electrons. The van der Waals surface area contributed by atoms with Crippen molar-refractivity contribution in [3.8, 4) is 0 Å². The number of aliphatic hydroxyl groups is 2. The van der Waals surface area contributed by atoms with E-state index in [-0.39, 0.29) is 13.2 Å². The van der Waals surface area contributed by atoms with Gasteiger partial charge in [-0.2, -0.15) is 0 Å². The molecular formula is C12H16O4. The summed E-state index contributed by atoms with van der Waals surface area (Å²) in [5.41, 5.74) is 1.46. The number of benzene rings is 1. The fourth-order valence-electron chi connectivity index (χ4n) is 1.35. The molecule has 0 bridgehead atoms. The molecule has 2 N–H and O–H groups in total. The first kappa shape index (κ1) is 12.7. The highest BCUT2D eigenvalue weighted by atomic mass is 16.5. The molecule has 1 atom stereocenters. The molecule has 0 aliphatic heterocycles. The van der Waals surface area contributed by atoms with Gasteiger partial charge >= 0.3 is 5.97 Å². The quantitative estimate of drug-likeness (QED) is 0.727. The molecule has 0 aliphatic rings. The highest BCUT2D eigenvalue weighted by Crippen LogP contribution is 2.15. The van der Waals surface area contributed by atoms with Crippen LogP contribution in [-0.4, -0.2) is 29.4 Å². The first-order valence-corrected chi connectivity index (χ1v) is 5.23. The molecule has 0 saturated heterocycles. The Bertz CT molecular complexity index is 331. The van der Waals surface area contributed by atoms with Crippen molar-refractivity contribution in [3.63, 3.8) is 0 Å². The Hall–Kier alpha value is -1.39. The summed E-state index contributed by atoms with van der Waals surface area (Å²) < 4.78 is 4.71. The normalized spacial score (nSPS) is 12.2. The van der Waals surface area contributed by atoms with Crippen LogP contribution < -0.4 is 0 Å². The Labute approximate surface area is 94.5 Å². The van der Waals surface area contributed by atoms with E-state index in [0.29, 0.717) is 12.0 Å². The van der Waals surface area contributed by atoms with Crippen LogP contribution in [0.15, 0.2) is 24.3 Å². The Morgan fingerprint density at radius 3 is 2.50 bits per heavy atom. The lowest BCUT2D eigenvalue weighted by molar-refractivity contribution is -0.153. The zero-order valence-electron chi connectivity index (χ0n) is 9.22. The van der Waals surface area contributed by atoms with E-state index in [4.69, 9.17) is 9.84 Å². The fourth-order valence-corrected chi connectivity index (χ4v) is 1.35.